The number of rotatable bonds is 2. The summed E-state index contributed by atoms with van der Waals surface area (Å²) in [5, 5.41) is 9.06. The normalized spacial score (nSPS) is 47.1. The van der Waals surface area contributed by atoms with Gasteiger partial charge in [0.15, 0.2) is 0 Å². The summed E-state index contributed by atoms with van der Waals surface area (Å²) in [6.07, 6.45) is 5.28. The second kappa shape index (κ2) is 3.26. The number of amides is 2. The lowest BCUT2D eigenvalue weighted by Gasteiger charge is -2.37. The number of aliphatic carboxylic acids is 1. The fourth-order valence-corrected chi connectivity index (χ4v) is 4.47. The molecule has 0 radical (unpaired) electrons. The first-order valence-corrected chi connectivity index (χ1v) is 6.80. The lowest BCUT2D eigenvalue weighted by molar-refractivity contribution is -0.154. The fourth-order valence-electron chi connectivity index (χ4n) is 4.47. The van der Waals surface area contributed by atoms with E-state index in [-0.39, 0.29) is 35.5 Å². The highest BCUT2D eigenvalue weighted by Gasteiger charge is 2.67. The minimum absolute atomic E-state index is 0.155. The van der Waals surface area contributed by atoms with E-state index in [2.05, 4.69) is 12.2 Å². The van der Waals surface area contributed by atoms with E-state index in [0.29, 0.717) is 11.8 Å². The molecule has 0 spiro atoms. The summed E-state index contributed by atoms with van der Waals surface area (Å²) in [5.74, 6) is -0.845. The second-order valence-electron chi connectivity index (χ2n) is 6.22. The van der Waals surface area contributed by atoms with Gasteiger partial charge >= 0.3 is 5.97 Å². The highest BCUT2D eigenvalue weighted by atomic mass is 16.4. The number of carboxylic acid groups (broad SMARTS) is 1. The third kappa shape index (κ3) is 1.18. The topological polar surface area (TPSA) is 74.7 Å². The van der Waals surface area contributed by atoms with Gasteiger partial charge in [0.2, 0.25) is 11.8 Å². The van der Waals surface area contributed by atoms with Crippen molar-refractivity contribution in [3.05, 3.63) is 12.2 Å². The van der Waals surface area contributed by atoms with Gasteiger partial charge in [-0.05, 0) is 37.0 Å². The van der Waals surface area contributed by atoms with E-state index in [1.807, 2.05) is 0 Å². The van der Waals surface area contributed by atoms with Crippen molar-refractivity contribution in [2.24, 2.45) is 35.5 Å². The van der Waals surface area contributed by atoms with Crippen LogP contribution in [0.15, 0.2) is 12.2 Å². The van der Waals surface area contributed by atoms with Gasteiger partial charge in [-0.2, -0.15) is 0 Å². The molecule has 7 atom stereocenters. The minimum Gasteiger partial charge on any atom is -0.480 e. The van der Waals surface area contributed by atoms with E-state index >= 15 is 0 Å². The fraction of sp³-hybridized carbons (Fsp3) is 0.643. The van der Waals surface area contributed by atoms with Crippen molar-refractivity contribution in [2.45, 2.75) is 19.4 Å². The van der Waals surface area contributed by atoms with E-state index in [1.54, 1.807) is 0 Å². The molecule has 19 heavy (non-hydrogen) atoms. The summed E-state index contributed by atoms with van der Waals surface area (Å²) in [7, 11) is 0. The van der Waals surface area contributed by atoms with Crippen molar-refractivity contribution in [2.75, 3.05) is 0 Å². The Morgan fingerprint density at radius 3 is 2.11 bits per heavy atom. The third-order valence-electron chi connectivity index (χ3n) is 5.44. The molecule has 0 aromatic heterocycles. The summed E-state index contributed by atoms with van der Waals surface area (Å²) in [6.45, 7) is 1.41. The summed E-state index contributed by atoms with van der Waals surface area (Å²) in [5.41, 5.74) is 0. The van der Waals surface area contributed by atoms with Crippen molar-refractivity contribution in [3.63, 3.8) is 0 Å². The Hall–Kier alpha value is -1.65. The Labute approximate surface area is 110 Å². The molecule has 2 amide bonds. The molecule has 4 aliphatic carbocycles. The number of carboxylic acids is 1. The van der Waals surface area contributed by atoms with Crippen LogP contribution in [0.3, 0.4) is 0 Å². The number of nitrogens with zero attached hydrogens (tertiary/aromatic N) is 1. The van der Waals surface area contributed by atoms with E-state index in [1.165, 1.54) is 6.92 Å². The van der Waals surface area contributed by atoms with Crippen LogP contribution in [0.25, 0.3) is 0 Å². The molecule has 2 saturated carbocycles. The number of imide groups is 1. The first-order chi connectivity index (χ1) is 9.02. The predicted molar refractivity (Wildman–Crippen MR) is 63.6 cm³/mol. The average Bonchev–Trinajstić information content (AvgIpc) is 3.14. The van der Waals surface area contributed by atoms with Crippen LogP contribution in [-0.2, 0) is 14.4 Å². The molecule has 1 heterocycles. The molecular formula is C14H15NO4. The molecule has 1 saturated heterocycles. The van der Waals surface area contributed by atoms with Gasteiger partial charge in [0, 0.05) is 0 Å². The van der Waals surface area contributed by atoms with Crippen LogP contribution in [-0.4, -0.2) is 33.8 Å². The Morgan fingerprint density at radius 2 is 1.68 bits per heavy atom. The third-order valence-corrected chi connectivity index (χ3v) is 5.44. The van der Waals surface area contributed by atoms with Gasteiger partial charge in [0.25, 0.3) is 0 Å². The van der Waals surface area contributed by atoms with Gasteiger partial charge in [-0.15, -0.1) is 0 Å². The summed E-state index contributed by atoms with van der Waals surface area (Å²) >= 11 is 0. The number of allylic oxidation sites excluding steroid dienone is 2. The van der Waals surface area contributed by atoms with Crippen LogP contribution in [0, 0.1) is 35.5 Å². The van der Waals surface area contributed by atoms with Crippen molar-refractivity contribution in [1.29, 1.82) is 0 Å². The molecule has 5 aliphatic rings. The van der Waals surface area contributed by atoms with Crippen molar-refractivity contribution in [3.8, 4) is 0 Å². The molecule has 0 aromatic rings. The first-order valence-electron chi connectivity index (χ1n) is 6.80. The minimum atomic E-state index is -1.12. The maximum atomic E-state index is 12.5. The highest BCUT2D eigenvalue weighted by Crippen LogP contribution is 2.65. The Balaban J connectivity index is 1.74. The van der Waals surface area contributed by atoms with Gasteiger partial charge in [-0.25, -0.2) is 4.79 Å². The number of carbonyl (C=O) groups excluding carboxylic acids is 2. The SMILES string of the molecule is C[C@H](C(=O)O)N1C(=O)[C@@H]2[C@H]3C=C[C@@H]([C@@H]4C[C@@H]34)[C@H]2C1=O. The number of hydrogen-bond donors (Lipinski definition) is 1. The van der Waals surface area contributed by atoms with Gasteiger partial charge in [0.1, 0.15) is 6.04 Å². The molecule has 5 nitrogen and oxygen atoms in total. The predicted octanol–water partition coefficient (Wildman–Crippen LogP) is 0.513. The maximum absolute atomic E-state index is 12.5. The standard InChI is InChI=1S/C14H15NO4/c1-5(14(18)19)15-12(16)10-6-2-3-7(9-4-8(6)9)11(10)13(15)17/h2-3,5-11H,4H2,1H3,(H,18,19)/t5-,6+,7+,8+,9+,10-,11-/m1/s1. The molecule has 100 valence electrons. The molecule has 3 fully saturated rings. The van der Waals surface area contributed by atoms with Crippen LogP contribution < -0.4 is 0 Å². The summed E-state index contributed by atoms with van der Waals surface area (Å²) < 4.78 is 0. The molecule has 5 rings (SSSR count). The van der Waals surface area contributed by atoms with Crippen molar-refractivity contribution in [1.82, 2.24) is 4.90 Å². The Morgan fingerprint density at radius 1 is 1.21 bits per heavy atom. The quantitative estimate of drug-likeness (QED) is 0.580. The highest BCUT2D eigenvalue weighted by molar-refractivity contribution is 6.08. The number of hydrogen-bond acceptors (Lipinski definition) is 3. The van der Waals surface area contributed by atoms with Crippen LogP contribution in [0.5, 0.6) is 0 Å². The van der Waals surface area contributed by atoms with E-state index < -0.39 is 12.0 Å². The zero-order valence-electron chi connectivity index (χ0n) is 10.5. The molecule has 0 unspecified atom stereocenters. The summed E-state index contributed by atoms with van der Waals surface area (Å²) in [6, 6.07) is -1.05. The largest absolute Gasteiger partial charge is 0.480 e. The van der Waals surface area contributed by atoms with Crippen molar-refractivity contribution >= 4 is 17.8 Å². The lowest BCUT2D eigenvalue weighted by Crippen LogP contribution is -2.43. The van der Waals surface area contributed by atoms with Crippen molar-refractivity contribution < 1.29 is 19.5 Å². The zero-order valence-corrected chi connectivity index (χ0v) is 10.5. The van der Waals surface area contributed by atoms with Crippen LogP contribution in [0.2, 0.25) is 0 Å². The number of carbonyl (C=O) groups is 3. The average molecular weight is 261 g/mol. The van der Waals surface area contributed by atoms with E-state index in [4.69, 9.17) is 5.11 Å². The monoisotopic (exact) mass is 261 g/mol. The van der Waals surface area contributed by atoms with E-state index in [0.717, 1.165) is 11.3 Å². The second-order valence-corrected chi connectivity index (χ2v) is 6.22. The molecule has 5 heteroatoms. The molecule has 0 aromatic carbocycles. The molecule has 2 bridgehead atoms. The molecule has 1 N–H and O–H groups in total. The van der Waals surface area contributed by atoms with Gasteiger partial charge in [-0.1, -0.05) is 12.2 Å². The molecular weight excluding hydrogens is 246 g/mol. The molecule has 1 aliphatic heterocycles. The summed E-state index contributed by atoms with van der Waals surface area (Å²) in [4.78, 5) is 37.0. The Bertz CT molecular complexity index is 504. The maximum Gasteiger partial charge on any atom is 0.326 e. The van der Waals surface area contributed by atoms with Gasteiger partial charge < -0.3 is 5.11 Å². The lowest BCUT2D eigenvalue weighted by atomic mass is 9.63. The van der Waals surface area contributed by atoms with Crippen LogP contribution >= 0.6 is 0 Å². The van der Waals surface area contributed by atoms with Gasteiger partial charge in [0.05, 0.1) is 11.8 Å². The number of likely N-dealkylation sites (tertiary alicyclic amines) is 1. The Kier molecular flexibility index (Phi) is 1.92. The first kappa shape index (κ1) is 11.2. The zero-order chi connectivity index (χ0) is 13.5. The smallest absolute Gasteiger partial charge is 0.326 e. The van der Waals surface area contributed by atoms with Crippen LogP contribution in [0.1, 0.15) is 13.3 Å². The van der Waals surface area contributed by atoms with Crippen LogP contribution in [0.4, 0.5) is 0 Å². The van der Waals surface area contributed by atoms with E-state index in [9.17, 15) is 14.4 Å². The van der Waals surface area contributed by atoms with Gasteiger partial charge in [-0.3, -0.25) is 14.5 Å².